The second-order valence-corrected chi connectivity index (χ2v) is 5.24. The van der Waals surface area contributed by atoms with Crippen LogP contribution in [-0.4, -0.2) is 61.0 Å². The highest BCUT2D eigenvalue weighted by molar-refractivity contribution is 5.95. The van der Waals surface area contributed by atoms with Crippen molar-refractivity contribution in [1.29, 1.82) is 0 Å². The number of rotatable bonds is 4. The smallest absolute Gasteiger partial charge is 0.254 e. The Morgan fingerprint density at radius 3 is 3.05 bits per heavy atom. The van der Waals surface area contributed by atoms with Crippen LogP contribution in [0.4, 0.5) is 5.82 Å². The molecule has 0 aromatic carbocycles. The highest BCUT2D eigenvalue weighted by Crippen LogP contribution is 2.21. The number of carbonyl (C=O) groups excluding carboxylic acids is 1. The molecule has 19 heavy (non-hydrogen) atoms. The molecule has 1 aliphatic heterocycles. The fourth-order valence-corrected chi connectivity index (χ4v) is 2.58. The van der Waals surface area contributed by atoms with E-state index in [9.17, 15) is 4.79 Å². The van der Waals surface area contributed by atoms with E-state index >= 15 is 0 Å². The first-order chi connectivity index (χ1) is 9.11. The average Bonchev–Trinajstić information content (AvgIpc) is 2.85. The molecule has 0 saturated carbocycles. The molecule has 1 aliphatic rings. The van der Waals surface area contributed by atoms with Crippen LogP contribution in [0.25, 0.3) is 0 Å². The van der Waals surface area contributed by atoms with Crippen LogP contribution in [0.5, 0.6) is 0 Å². The molecule has 0 bridgehead atoms. The van der Waals surface area contributed by atoms with Crippen LogP contribution in [0, 0.1) is 0 Å². The van der Waals surface area contributed by atoms with E-state index in [1.165, 1.54) is 0 Å². The third-order valence-electron chi connectivity index (χ3n) is 3.48. The predicted octanol–water partition coefficient (Wildman–Crippen LogP) is 1.29. The largest absolute Gasteiger partial charge is 0.373 e. The minimum Gasteiger partial charge on any atom is -0.373 e. The Kier molecular flexibility index (Phi) is 4.37. The molecule has 1 saturated heterocycles. The van der Waals surface area contributed by atoms with Gasteiger partial charge in [-0.2, -0.15) is 0 Å². The Morgan fingerprint density at radius 2 is 2.37 bits per heavy atom. The zero-order chi connectivity index (χ0) is 13.8. The summed E-state index contributed by atoms with van der Waals surface area (Å²) in [5, 5.41) is 2.97. The quantitative estimate of drug-likeness (QED) is 0.888. The second kappa shape index (κ2) is 6.02. The molecule has 1 amide bonds. The van der Waals surface area contributed by atoms with E-state index in [1.807, 2.05) is 25.1 Å². The van der Waals surface area contributed by atoms with Gasteiger partial charge in [-0.1, -0.05) is 0 Å². The maximum atomic E-state index is 12.6. The van der Waals surface area contributed by atoms with Gasteiger partial charge in [-0.05, 0) is 39.1 Å². The van der Waals surface area contributed by atoms with Gasteiger partial charge in [0.15, 0.2) is 0 Å². The summed E-state index contributed by atoms with van der Waals surface area (Å²) in [5.41, 5.74) is 0.713. The molecular weight excluding hydrogens is 240 g/mol. The van der Waals surface area contributed by atoms with E-state index in [0.29, 0.717) is 11.6 Å². The van der Waals surface area contributed by atoms with Crippen molar-refractivity contribution in [2.45, 2.75) is 18.9 Å². The number of likely N-dealkylation sites (N-methyl/N-ethyl adjacent to an activating group) is 1. The van der Waals surface area contributed by atoms with Crippen molar-refractivity contribution in [3.8, 4) is 0 Å². The molecule has 2 rings (SSSR count). The van der Waals surface area contributed by atoms with Crippen molar-refractivity contribution in [2.75, 3.05) is 39.5 Å². The van der Waals surface area contributed by atoms with Crippen LogP contribution >= 0.6 is 0 Å². The highest BCUT2D eigenvalue weighted by Gasteiger charge is 2.29. The average molecular weight is 262 g/mol. The molecule has 0 spiro atoms. The van der Waals surface area contributed by atoms with Crippen molar-refractivity contribution in [2.24, 2.45) is 0 Å². The topological polar surface area (TPSA) is 48.5 Å². The number of anilines is 1. The Balaban J connectivity index is 2.13. The summed E-state index contributed by atoms with van der Waals surface area (Å²) in [6.07, 6.45) is 3.86. The van der Waals surface area contributed by atoms with Gasteiger partial charge in [0.1, 0.15) is 5.82 Å². The Morgan fingerprint density at radius 1 is 1.58 bits per heavy atom. The SMILES string of the molecule is CNc1cc(C(=O)N2CCCC2CN(C)C)ccn1. The van der Waals surface area contributed by atoms with Crippen LogP contribution in [0.2, 0.25) is 0 Å². The molecule has 1 unspecified atom stereocenters. The number of hydrogen-bond acceptors (Lipinski definition) is 4. The molecule has 1 aromatic heterocycles. The number of aromatic nitrogens is 1. The lowest BCUT2D eigenvalue weighted by atomic mass is 10.2. The maximum Gasteiger partial charge on any atom is 0.254 e. The van der Waals surface area contributed by atoms with Crippen LogP contribution < -0.4 is 5.32 Å². The Labute approximate surface area is 114 Å². The van der Waals surface area contributed by atoms with E-state index in [0.717, 1.165) is 31.7 Å². The fourth-order valence-electron chi connectivity index (χ4n) is 2.58. The van der Waals surface area contributed by atoms with Gasteiger partial charge in [-0.25, -0.2) is 4.98 Å². The van der Waals surface area contributed by atoms with Gasteiger partial charge in [0.2, 0.25) is 0 Å². The van der Waals surface area contributed by atoms with Crippen LogP contribution in [0.3, 0.4) is 0 Å². The molecule has 5 nitrogen and oxygen atoms in total. The van der Waals surface area contributed by atoms with Gasteiger partial charge in [0.05, 0.1) is 0 Å². The number of nitrogens with one attached hydrogen (secondary N) is 1. The van der Waals surface area contributed by atoms with Crippen molar-refractivity contribution in [3.05, 3.63) is 23.9 Å². The first-order valence-corrected chi connectivity index (χ1v) is 6.71. The van der Waals surface area contributed by atoms with Crippen LogP contribution in [-0.2, 0) is 0 Å². The summed E-state index contributed by atoms with van der Waals surface area (Å²) in [4.78, 5) is 20.8. The van der Waals surface area contributed by atoms with E-state index in [1.54, 1.807) is 19.3 Å². The molecule has 0 aliphatic carbocycles. The van der Waals surface area contributed by atoms with E-state index < -0.39 is 0 Å². The summed E-state index contributed by atoms with van der Waals surface area (Å²) >= 11 is 0. The van der Waals surface area contributed by atoms with E-state index in [-0.39, 0.29) is 5.91 Å². The Hall–Kier alpha value is -1.62. The predicted molar refractivity (Wildman–Crippen MR) is 76.4 cm³/mol. The number of carbonyl (C=O) groups is 1. The zero-order valence-corrected chi connectivity index (χ0v) is 11.9. The highest BCUT2D eigenvalue weighted by atomic mass is 16.2. The molecule has 5 heteroatoms. The standard InChI is InChI=1S/C14H22N4O/c1-15-13-9-11(6-7-16-13)14(19)18-8-4-5-12(18)10-17(2)3/h6-7,9,12H,4-5,8,10H2,1-3H3,(H,15,16). The van der Waals surface area contributed by atoms with Crippen molar-refractivity contribution < 1.29 is 4.79 Å². The Bertz CT molecular complexity index is 447. The minimum absolute atomic E-state index is 0.114. The van der Waals surface area contributed by atoms with Crippen molar-refractivity contribution in [1.82, 2.24) is 14.8 Å². The molecular formula is C14H22N4O. The van der Waals surface area contributed by atoms with E-state index in [4.69, 9.17) is 0 Å². The lowest BCUT2D eigenvalue weighted by molar-refractivity contribution is 0.0716. The molecule has 1 atom stereocenters. The second-order valence-electron chi connectivity index (χ2n) is 5.24. The summed E-state index contributed by atoms with van der Waals surface area (Å²) in [7, 11) is 5.90. The van der Waals surface area contributed by atoms with Crippen molar-refractivity contribution >= 4 is 11.7 Å². The van der Waals surface area contributed by atoms with Gasteiger partial charge in [0.25, 0.3) is 5.91 Å². The molecule has 1 aromatic rings. The molecule has 2 heterocycles. The number of pyridine rings is 1. The minimum atomic E-state index is 0.114. The lowest BCUT2D eigenvalue weighted by Crippen LogP contribution is -2.41. The van der Waals surface area contributed by atoms with Gasteiger partial charge in [-0.15, -0.1) is 0 Å². The fraction of sp³-hybridized carbons (Fsp3) is 0.571. The first kappa shape index (κ1) is 13.8. The van der Waals surface area contributed by atoms with Crippen LogP contribution in [0.1, 0.15) is 23.2 Å². The first-order valence-electron chi connectivity index (χ1n) is 6.71. The maximum absolute atomic E-state index is 12.6. The third-order valence-corrected chi connectivity index (χ3v) is 3.48. The normalized spacial score (nSPS) is 18.9. The monoisotopic (exact) mass is 262 g/mol. The van der Waals surface area contributed by atoms with Gasteiger partial charge < -0.3 is 15.1 Å². The van der Waals surface area contributed by atoms with Gasteiger partial charge >= 0.3 is 0 Å². The van der Waals surface area contributed by atoms with Gasteiger partial charge in [-0.3, -0.25) is 4.79 Å². The zero-order valence-electron chi connectivity index (χ0n) is 11.9. The summed E-state index contributed by atoms with van der Waals surface area (Å²) in [5.74, 6) is 0.845. The third kappa shape index (κ3) is 3.23. The number of amides is 1. The summed E-state index contributed by atoms with van der Waals surface area (Å²) in [6, 6.07) is 3.93. The van der Waals surface area contributed by atoms with Crippen LogP contribution in [0.15, 0.2) is 18.3 Å². The molecule has 104 valence electrons. The summed E-state index contributed by atoms with van der Waals surface area (Å²) in [6.45, 7) is 1.78. The van der Waals surface area contributed by atoms with Gasteiger partial charge in [0, 0.05) is 37.9 Å². The lowest BCUT2D eigenvalue weighted by Gasteiger charge is -2.27. The van der Waals surface area contributed by atoms with E-state index in [2.05, 4.69) is 15.2 Å². The summed E-state index contributed by atoms with van der Waals surface area (Å²) < 4.78 is 0. The molecule has 1 fully saturated rings. The molecule has 0 radical (unpaired) electrons. The number of nitrogens with zero attached hydrogens (tertiary/aromatic N) is 3. The number of likely N-dealkylation sites (tertiary alicyclic amines) is 1. The number of hydrogen-bond donors (Lipinski definition) is 1. The molecule has 1 N–H and O–H groups in total. The van der Waals surface area contributed by atoms with Crippen molar-refractivity contribution in [3.63, 3.8) is 0 Å².